The Hall–Kier alpha value is -1.10. The van der Waals surface area contributed by atoms with Gasteiger partial charge in [-0.2, -0.15) is 0 Å². The van der Waals surface area contributed by atoms with Crippen molar-refractivity contribution in [2.24, 2.45) is 5.41 Å². The Morgan fingerprint density at radius 1 is 1.24 bits per heavy atom. The maximum atomic E-state index is 11.5. The second kappa shape index (κ2) is 8.06. The van der Waals surface area contributed by atoms with Crippen LogP contribution >= 0.6 is 0 Å². The van der Waals surface area contributed by atoms with Gasteiger partial charge in [0.05, 0.1) is 0 Å². The summed E-state index contributed by atoms with van der Waals surface area (Å²) in [7, 11) is 0. The molecule has 0 aromatic rings. The van der Waals surface area contributed by atoms with Crippen LogP contribution in [-0.4, -0.2) is 36.7 Å². The van der Waals surface area contributed by atoms with E-state index in [2.05, 4.69) is 12.2 Å². The van der Waals surface area contributed by atoms with Gasteiger partial charge in [-0.25, -0.2) is 0 Å². The molecule has 0 saturated heterocycles. The Kier molecular flexibility index (Phi) is 7.54. The number of carboxylic acids is 1. The fraction of sp³-hybridized carbons (Fsp3) is 0.833. The van der Waals surface area contributed by atoms with Crippen molar-refractivity contribution < 1.29 is 19.4 Å². The van der Waals surface area contributed by atoms with Crippen molar-refractivity contribution in [3.8, 4) is 0 Å². The Morgan fingerprint density at radius 3 is 2.35 bits per heavy atom. The summed E-state index contributed by atoms with van der Waals surface area (Å²) < 4.78 is 5.32. The number of carbonyl (C=O) groups is 2. The molecule has 0 bridgehead atoms. The third-order valence-corrected chi connectivity index (χ3v) is 2.50. The van der Waals surface area contributed by atoms with E-state index in [9.17, 15) is 9.59 Å². The molecule has 0 aromatic heterocycles. The molecule has 17 heavy (non-hydrogen) atoms. The van der Waals surface area contributed by atoms with E-state index in [1.165, 1.54) is 13.8 Å². The Morgan fingerprint density at radius 2 is 1.82 bits per heavy atom. The first kappa shape index (κ1) is 15.9. The highest BCUT2D eigenvalue weighted by molar-refractivity contribution is 6.00. The largest absolute Gasteiger partial charge is 0.480 e. The highest BCUT2D eigenvalue weighted by Crippen LogP contribution is 2.14. The number of ether oxygens (including phenoxy) is 1. The second-order valence-electron chi connectivity index (χ2n) is 4.51. The molecular weight excluding hydrogens is 222 g/mol. The van der Waals surface area contributed by atoms with Gasteiger partial charge in [-0.1, -0.05) is 13.3 Å². The van der Waals surface area contributed by atoms with Crippen molar-refractivity contribution in [1.82, 2.24) is 5.32 Å². The van der Waals surface area contributed by atoms with E-state index in [1.807, 2.05) is 0 Å². The van der Waals surface area contributed by atoms with E-state index in [4.69, 9.17) is 9.84 Å². The van der Waals surface area contributed by atoms with E-state index >= 15 is 0 Å². The second-order valence-corrected chi connectivity index (χ2v) is 4.51. The molecule has 5 nitrogen and oxygen atoms in total. The SMILES string of the molecule is CCCCOCCCNC(=O)C(C)(C)C(=O)O. The summed E-state index contributed by atoms with van der Waals surface area (Å²) in [5.74, 6) is -1.58. The van der Waals surface area contributed by atoms with E-state index in [0.717, 1.165) is 19.4 Å². The zero-order chi connectivity index (χ0) is 13.3. The molecule has 0 atom stereocenters. The normalized spacial score (nSPS) is 11.2. The summed E-state index contributed by atoms with van der Waals surface area (Å²) in [5, 5.41) is 11.4. The number of rotatable bonds is 9. The molecule has 0 rings (SSSR count). The monoisotopic (exact) mass is 245 g/mol. The summed E-state index contributed by atoms with van der Waals surface area (Å²) in [5.41, 5.74) is -1.37. The highest BCUT2D eigenvalue weighted by Gasteiger charge is 2.35. The first-order valence-electron chi connectivity index (χ1n) is 6.02. The van der Waals surface area contributed by atoms with E-state index < -0.39 is 17.3 Å². The van der Waals surface area contributed by atoms with Gasteiger partial charge in [-0.3, -0.25) is 9.59 Å². The molecule has 0 spiro atoms. The summed E-state index contributed by atoms with van der Waals surface area (Å²) >= 11 is 0. The fourth-order valence-corrected chi connectivity index (χ4v) is 1.04. The number of amides is 1. The molecular formula is C12H23NO4. The van der Waals surface area contributed by atoms with E-state index in [1.54, 1.807) is 0 Å². The predicted octanol–water partition coefficient (Wildman–Crippen LogP) is 1.42. The third-order valence-electron chi connectivity index (χ3n) is 2.50. The Bertz CT molecular complexity index is 251. The van der Waals surface area contributed by atoms with Gasteiger partial charge in [-0.15, -0.1) is 0 Å². The van der Waals surface area contributed by atoms with Crippen LogP contribution in [0, 0.1) is 5.41 Å². The fourth-order valence-electron chi connectivity index (χ4n) is 1.04. The molecule has 0 aromatic carbocycles. The molecule has 0 aliphatic heterocycles. The van der Waals surface area contributed by atoms with Crippen molar-refractivity contribution in [3.63, 3.8) is 0 Å². The van der Waals surface area contributed by atoms with Crippen LogP contribution in [0.4, 0.5) is 0 Å². The minimum absolute atomic E-state index is 0.446. The summed E-state index contributed by atoms with van der Waals surface area (Å²) in [6.45, 7) is 6.66. The number of nitrogens with one attached hydrogen (secondary N) is 1. The van der Waals surface area contributed by atoms with Crippen molar-refractivity contribution >= 4 is 11.9 Å². The Balaban J connectivity index is 3.62. The number of carbonyl (C=O) groups excluding carboxylic acids is 1. The quantitative estimate of drug-likeness (QED) is 0.476. The number of carboxylic acid groups (broad SMARTS) is 1. The number of unbranched alkanes of at least 4 members (excludes halogenated alkanes) is 1. The van der Waals surface area contributed by atoms with Crippen LogP contribution in [0.25, 0.3) is 0 Å². The van der Waals surface area contributed by atoms with Gasteiger partial charge in [0.2, 0.25) is 5.91 Å². The molecule has 0 radical (unpaired) electrons. The molecule has 2 N–H and O–H groups in total. The highest BCUT2D eigenvalue weighted by atomic mass is 16.5. The first-order valence-corrected chi connectivity index (χ1v) is 6.02. The van der Waals surface area contributed by atoms with E-state index in [-0.39, 0.29) is 0 Å². The zero-order valence-electron chi connectivity index (χ0n) is 10.9. The van der Waals surface area contributed by atoms with Crippen LogP contribution < -0.4 is 5.32 Å². The molecule has 0 heterocycles. The molecule has 100 valence electrons. The van der Waals surface area contributed by atoms with Crippen molar-refractivity contribution in [2.45, 2.75) is 40.0 Å². The van der Waals surface area contributed by atoms with Crippen molar-refractivity contribution in [3.05, 3.63) is 0 Å². The van der Waals surface area contributed by atoms with Gasteiger partial charge in [0.15, 0.2) is 0 Å². The van der Waals surface area contributed by atoms with Crippen molar-refractivity contribution in [1.29, 1.82) is 0 Å². The summed E-state index contributed by atoms with van der Waals surface area (Å²) in [6.07, 6.45) is 2.84. The first-order chi connectivity index (χ1) is 7.92. The van der Waals surface area contributed by atoms with Gasteiger partial charge in [-0.05, 0) is 26.7 Å². The molecule has 5 heteroatoms. The maximum Gasteiger partial charge on any atom is 0.318 e. The van der Waals surface area contributed by atoms with Gasteiger partial charge in [0.1, 0.15) is 5.41 Å². The van der Waals surface area contributed by atoms with Crippen molar-refractivity contribution in [2.75, 3.05) is 19.8 Å². The lowest BCUT2D eigenvalue weighted by atomic mass is 9.93. The average Bonchev–Trinajstić information content (AvgIpc) is 2.27. The van der Waals surface area contributed by atoms with Gasteiger partial charge >= 0.3 is 5.97 Å². The molecule has 0 saturated carbocycles. The summed E-state index contributed by atoms with van der Waals surface area (Å²) in [6, 6.07) is 0. The number of hydrogen-bond acceptors (Lipinski definition) is 3. The van der Waals surface area contributed by atoms with Crippen LogP contribution in [0.5, 0.6) is 0 Å². The predicted molar refractivity (Wildman–Crippen MR) is 64.8 cm³/mol. The maximum absolute atomic E-state index is 11.5. The summed E-state index contributed by atoms with van der Waals surface area (Å²) in [4.78, 5) is 22.3. The molecule has 0 aliphatic rings. The van der Waals surface area contributed by atoms with Gasteiger partial charge in [0.25, 0.3) is 0 Å². The Labute approximate surface area is 103 Å². The molecule has 1 amide bonds. The standard InChI is InChI=1S/C12H23NO4/c1-4-5-8-17-9-6-7-13-10(14)12(2,3)11(15)16/h4-9H2,1-3H3,(H,13,14)(H,15,16). The lowest BCUT2D eigenvalue weighted by Crippen LogP contribution is -2.42. The zero-order valence-corrected chi connectivity index (χ0v) is 10.9. The molecule has 0 fully saturated rings. The topological polar surface area (TPSA) is 75.6 Å². The molecule has 0 unspecified atom stereocenters. The average molecular weight is 245 g/mol. The minimum atomic E-state index is -1.37. The minimum Gasteiger partial charge on any atom is -0.480 e. The van der Waals surface area contributed by atoms with Gasteiger partial charge in [0, 0.05) is 19.8 Å². The number of aliphatic carboxylic acids is 1. The van der Waals surface area contributed by atoms with Crippen LogP contribution in [0.3, 0.4) is 0 Å². The third kappa shape index (κ3) is 6.26. The lowest BCUT2D eigenvalue weighted by molar-refractivity contribution is -0.153. The number of hydrogen-bond donors (Lipinski definition) is 2. The van der Waals surface area contributed by atoms with E-state index in [0.29, 0.717) is 19.6 Å². The lowest BCUT2D eigenvalue weighted by Gasteiger charge is -2.18. The van der Waals surface area contributed by atoms with Gasteiger partial charge < -0.3 is 15.2 Å². The van der Waals surface area contributed by atoms with Crippen LogP contribution in [-0.2, 0) is 14.3 Å². The van der Waals surface area contributed by atoms with Crippen LogP contribution in [0.2, 0.25) is 0 Å². The van der Waals surface area contributed by atoms with Crippen LogP contribution in [0.15, 0.2) is 0 Å². The van der Waals surface area contributed by atoms with Crippen LogP contribution in [0.1, 0.15) is 40.0 Å². The molecule has 0 aliphatic carbocycles. The smallest absolute Gasteiger partial charge is 0.318 e.